The number of anilines is 2. The lowest BCUT2D eigenvalue weighted by molar-refractivity contribution is -0.123. The molecule has 1 atom stereocenters. The number of H-pyrrole nitrogens is 1. The smallest absolute Gasteiger partial charge is 0.247 e. The molecular formula is C35H31N7O2. The Bertz CT molecular complexity index is 1960. The van der Waals surface area contributed by atoms with Gasteiger partial charge in [0.25, 0.3) is 0 Å². The average Bonchev–Trinajstić information content (AvgIpc) is 3.65. The summed E-state index contributed by atoms with van der Waals surface area (Å²) < 4.78 is 1.88. The van der Waals surface area contributed by atoms with Gasteiger partial charge in [0.05, 0.1) is 5.69 Å². The highest BCUT2D eigenvalue weighted by Gasteiger charge is 2.40. The van der Waals surface area contributed by atoms with Crippen LogP contribution in [0.25, 0.3) is 28.1 Å². The van der Waals surface area contributed by atoms with Crippen molar-refractivity contribution >= 4 is 34.1 Å². The Morgan fingerprint density at radius 2 is 1.64 bits per heavy atom. The number of hydrogen-bond acceptors (Lipinski definition) is 5. The molecule has 0 radical (unpaired) electrons. The Morgan fingerprint density at radius 1 is 0.909 bits per heavy atom. The molecule has 3 aromatic heterocycles. The van der Waals surface area contributed by atoms with E-state index in [0.717, 1.165) is 27.7 Å². The summed E-state index contributed by atoms with van der Waals surface area (Å²) in [5, 5.41) is 10.2. The van der Waals surface area contributed by atoms with Crippen molar-refractivity contribution in [2.45, 2.75) is 32.2 Å². The standard InChI is InChI=1S/C35H31N7O2/c1-23(2)41(26-14-7-4-8-15-26)31(43)22-40-30-18-11-19-36-34(30)42-32(24-12-5-3-6-13-24)38-39-33(42)28(35(40)44)20-25-21-37-29-17-10-9-16-27(25)29/h3-19,21,23,28,37H,20,22H2,1-2H3. The number of nitrogens with zero attached hydrogens (tertiary/aromatic N) is 6. The minimum atomic E-state index is -0.731. The van der Waals surface area contributed by atoms with Crippen LogP contribution in [0.3, 0.4) is 0 Å². The summed E-state index contributed by atoms with van der Waals surface area (Å²) in [5.74, 6) is 0.410. The fraction of sp³-hybridized carbons (Fsp3) is 0.171. The van der Waals surface area contributed by atoms with E-state index in [-0.39, 0.29) is 24.4 Å². The summed E-state index contributed by atoms with van der Waals surface area (Å²) in [6, 6.07) is 30.8. The topological polar surface area (TPSA) is 100 Å². The van der Waals surface area contributed by atoms with Crippen LogP contribution in [0.1, 0.15) is 31.2 Å². The Balaban J connectivity index is 1.38. The summed E-state index contributed by atoms with van der Waals surface area (Å²) in [6.45, 7) is 3.78. The highest BCUT2D eigenvalue weighted by atomic mass is 16.2. The molecule has 1 unspecified atom stereocenters. The molecule has 3 aromatic carbocycles. The van der Waals surface area contributed by atoms with E-state index in [1.54, 1.807) is 22.1 Å². The van der Waals surface area contributed by atoms with E-state index >= 15 is 0 Å². The molecule has 0 fully saturated rings. The van der Waals surface area contributed by atoms with E-state index in [9.17, 15) is 9.59 Å². The van der Waals surface area contributed by atoms with Crippen LogP contribution >= 0.6 is 0 Å². The normalized spacial score (nSPS) is 14.4. The Labute approximate surface area is 254 Å². The first-order valence-corrected chi connectivity index (χ1v) is 14.7. The zero-order valence-electron chi connectivity index (χ0n) is 24.5. The summed E-state index contributed by atoms with van der Waals surface area (Å²) in [7, 11) is 0. The number of pyridine rings is 1. The van der Waals surface area contributed by atoms with Crippen LogP contribution in [0, 0.1) is 0 Å². The van der Waals surface area contributed by atoms with Gasteiger partial charge in [0.2, 0.25) is 11.8 Å². The fourth-order valence-corrected chi connectivity index (χ4v) is 6.09. The van der Waals surface area contributed by atoms with Crippen molar-refractivity contribution in [1.29, 1.82) is 0 Å². The predicted octanol–water partition coefficient (Wildman–Crippen LogP) is 5.93. The maximum Gasteiger partial charge on any atom is 0.247 e. The zero-order valence-corrected chi connectivity index (χ0v) is 24.5. The Hall–Kier alpha value is -5.57. The number of amides is 2. The van der Waals surface area contributed by atoms with Crippen molar-refractivity contribution in [1.82, 2.24) is 24.7 Å². The average molecular weight is 582 g/mol. The van der Waals surface area contributed by atoms with E-state index in [1.165, 1.54) is 0 Å². The monoisotopic (exact) mass is 581 g/mol. The number of aromatic amines is 1. The summed E-state index contributed by atoms with van der Waals surface area (Å²) in [4.78, 5) is 40.3. The van der Waals surface area contributed by atoms with Gasteiger partial charge < -0.3 is 9.88 Å². The molecule has 218 valence electrons. The number of carbonyl (C=O) groups is 2. The number of nitrogens with one attached hydrogen (secondary N) is 1. The molecule has 0 bridgehead atoms. The van der Waals surface area contributed by atoms with Crippen LogP contribution in [0.4, 0.5) is 11.4 Å². The van der Waals surface area contributed by atoms with Crippen LogP contribution in [-0.2, 0) is 16.0 Å². The van der Waals surface area contributed by atoms with Gasteiger partial charge >= 0.3 is 0 Å². The third kappa shape index (κ3) is 4.72. The van der Waals surface area contributed by atoms with Gasteiger partial charge in [-0.05, 0) is 56.2 Å². The molecule has 1 aliphatic rings. The highest BCUT2D eigenvalue weighted by Crippen LogP contribution is 2.38. The van der Waals surface area contributed by atoms with E-state index in [1.807, 2.05) is 116 Å². The first-order valence-electron chi connectivity index (χ1n) is 14.7. The van der Waals surface area contributed by atoms with Crippen molar-refractivity contribution in [3.63, 3.8) is 0 Å². The lowest BCUT2D eigenvalue weighted by Crippen LogP contribution is -2.47. The van der Waals surface area contributed by atoms with Crippen molar-refractivity contribution in [3.05, 3.63) is 121 Å². The van der Waals surface area contributed by atoms with Gasteiger partial charge in [0.1, 0.15) is 12.5 Å². The number of fused-ring (bicyclic) bond motifs is 4. The molecule has 7 rings (SSSR count). The van der Waals surface area contributed by atoms with Gasteiger partial charge in [-0.25, -0.2) is 4.98 Å². The molecule has 1 N–H and O–H groups in total. The Kier molecular flexibility index (Phi) is 6.98. The van der Waals surface area contributed by atoms with E-state index in [2.05, 4.69) is 15.2 Å². The van der Waals surface area contributed by atoms with Crippen molar-refractivity contribution in [2.24, 2.45) is 0 Å². The molecule has 6 aromatic rings. The molecule has 9 nitrogen and oxygen atoms in total. The van der Waals surface area contributed by atoms with Crippen molar-refractivity contribution < 1.29 is 9.59 Å². The highest BCUT2D eigenvalue weighted by molar-refractivity contribution is 6.07. The number of hydrogen-bond donors (Lipinski definition) is 1. The van der Waals surface area contributed by atoms with E-state index < -0.39 is 5.92 Å². The number of rotatable bonds is 7. The van der Waals surface area contributed by atoms with Gasteiger partial charge in [-0.15, -0.1) is 10.2 Å². The molecule has 2 amide bonds. The molecule has 0 saturated heterocycles. The quantitative estimate of drug-likeness (QED) is 0.252. The largest absolute Gasteiger partial charge is 0.361 e. The van der Waals surface area contributed by atoms with Crippen molar-refractivity contribution in [2.75, 3.05) is 16.3 Å². The molecule has 0 spiro atoms. The molecule has 9 heteroatoms. The molecule has 0 aliphatic carbocycles. The summed E-state index contributed by atoms with van der Waals surface area (Å²) in [6.07, 6.45) is 3.99. The van der Waals surface area contributed by atoms with E-state index in [4.69, 9.17) is 4.98 Å². The number of para-hydroxylation sites is 2. The lowest BCUT2D eigenvalue weighted by Gasteiger charge is -2.31. The summed E-state index contributed by atoms with van der Waals surface area (Å²) in [5.41, 5.74) is 4.12. The SMILES string of the molecule is CC(C)N(C(=O)CN1C(=O)C(Cc2c[nH]c3ccccc23)c2nnc(-c3ccccc3)n2-c2ncccc21)c1ccccc1. The first kappa shape index (κ1) is 27.3. The fourth-order valence-electron chi connectivity index (χ4n) is 6.09. The van der Waals surface area contributed by atoms with Crippen LogP contribution in [-0.4, -0.2) is 49.1 Å². The second-order valence-electron chi connectivity index (χ2n) is 11.2. The number of aromatic nitrogens is 5. The third-order valence-corrected chi connectivity index (χ3v) is 8.08. The van der Waals surface area contributed by atoms with Gasteiger partial charge in [0, 0.05) is 40.6 Å². The number of benzene rings is 3. The maximum absolute atomic E-state index is 14.8. The molecule has 4 heterocycles. The van der Waals surface area contributed by atoms with Crippen LogP contribution < -0.4 is 9.80 Å². The van der Waals surface area contributed by atoms with Crippen LogP contribution in [0.15, 0.2) is 109 Å². The Morgan fingerprint density at radius 3 is 2.41 bits per heavy atom. The molecule has 1 aliphatic heterocycles. The molecule has 0 saturated carbocycles. The van der Waals surface area contributed by atoms with Gasteiger partial charge in [-0.2, -0.15) is 0 Å². The first-order chi connectivity index (χ1) is 21.5. The van der Waals surface area contributed by atoms with Crippen LogP contribution in [0.5, 0.6) is 0 Å². The molecular weight excluding hydrogens is 550 g/mol. The predicted molar refractivity (Wildman–Crippen MR) is 171 cm³/mol. The zero-order chi connectivity index (χ0) is 30.2. The summed E-state index contributed by atoms with van der Waals surface area (Å²) >= 11 is 0. The second-order valence-corrected chi connectivity index (χ2v) is 11.2. The van der Waals surface area contributed by atoms with E-state index in [0.29, 0.717) is 29.6 Å². The van der Waals surface area contributed by atoms with Crippen LogP contribution in [0.2, 0.25) is 0 Å². The third-order valence-electron chi connectivity index (χ3n) is 8.08. The van der Waals surface area contributed by atoms with Gasteiger partial charge in [0.15, 0.2) is 17.5 Å². The van der Waals surface area contributed by atoms with Gasteiger partial charge in [-0.3, -0.25) is 19.1 Å². The minimum absolute atomic E-state index is 0.119. The van der Waals surface area contributed by atoms with Crippen molar-refractivity contribution in [3.8, 4) is 17.2 Å². The lowest BCUT2D eigenvalue weighted by atomic mass is 9.96. The van der Waals surface area contributed by atoms with Gasteiger partial charge in [-0.1, -0.05) is 66.7 Å². The number of carbonyl (C=O) groups excluding carboxylic acids is 2. The second kappa shape index (κ2) is 11.3. The minimum Gasteiger partial charge on any atom is -0.361 e. The molecule has 44 heavy (non-hydrogen) atoms. The maximum atomic E-state index is 14.8.